The van der Waals surface area contributed by atoms with Gasteiger partial charge >= 0.3 is 0 Å². The molecule has 1 amide bonds. The average Bonchev–Trinajstić information content (AvgIpc) is 2.16. The third kappa shape index (κ3) is 2.07. The van der Waals surface area contributed by atoms with Gasteiger partial charge in [-0.2, -0.15) is 0 Å². The van der Waals surface area contributed by atoms with Crippen LogP contribution in [0.4, 0.5) is 5.69 Å². The summed E-state index contributed by atoms with van der Waals surface area (Å²) in [5.74, 6) is -0.273. The number of nitrogen functional groups attached to an aromatic ring is 1. The highest BCUT2D eigenvalue weighted by Crippen LogP contribution is 2.20. The molecule has 0 unspecified atom stereocenters. The molecule has 1 fully saturated rings. The summed E-state index contributed by atoms with van der Waals surface area (Å²) >= 11 is 0. The van der Waals surface area contributed by atoms with Crippen molar-refractivity contribution in [2.24, 2.45) is 0 Å². The highest BCUT2D eigenvalue weighted by Gasteiger charge is 2.29. The van der Waals surface area contributed by atoms with E-state index in [0.29, 0.717) is 18.5 Å². The van der Waals surface area contributed by atoms with Gasteiger partial charge in [-0.3, -0.25) is 4.79 Å². The predicted molar refractivity (Wildman–Crippen MR) is 55.1 cm³/mol. The number of aliphatic hydroxyl groups is 1. The highest BCUT2D eigenvalue weighted by atomic mass is 16.3. The molecule has 1 aliphatic carbocycles. The van der Waals surface area contributed by atoms with Crippen LogP contribution in [0.15, 0.2) is 18.3 Å². The van der Waals surface area contributed by atoms with Crippen molar-refractivity contribution < 1.29 is 9.90 Å². The first kappa shape index (κ1) is 9.92. The van der Waals surface area contributed by atoms with Gasteiger partial charge in [0.05, 0.1) is 11.8 Å². The summed E-state index contributed by atoms with van der Waals surface area (Å²) in [5.41, 5.74) is 6.23. The van der Waals surface area contributed by atoms with E-state index in [1.165, 1.54) is 6.20 Å². The van der Waals surface area contributed by atoms with Gasteiger partial charge in [-0.1, -0.05) is 0 Å². The van der Waals surface area contributed by atoms with E-state index < -0.39 is 0 Å². The molecule has 0 aromatic carbocycles. The first-order chi connectivity index (χ1) is 7.16. The number of nitrogens with two attached hydrogens (primary N) is 1. The Morgan fingerprint density at radius 3 is 2.93 bits per heavy atom. The fraction of sp³-hybridized carbons (Fsp3) is 0.400. The lowest BCUT2D eigenvalue weighted by atomic mass is 9.89. The minimum Gasteiger partial charge on any atom is -0.397 e. The van der Waals surface area contributed by atoms with Crippen molar-refractivity contribution in [2.45, 2.75) is 25.0 Å². The first-order valence-corrected chi connectivity index (χ1v) is 4.86. The molecule has 80 valence electrons. The molecule has 1 saturated carbocycles. The Hall–Kier alpha value is -1.62. The van der Waals surface area contributed by atoms with Crippen molar-refractivity contribution in [2.75, 3.05) is 5.73 Å². The van der Waals surface area contributed by atoms with Crippen molar-refractivity contribution in [3.63, 3.8) is 0 Å². The van der Waals surface area contributed by atoms with Gasteiger partial charge in [0.1, 0.15) is 0 Å². The van der Waals surface area contributed by atoms with E-state index in [4.69, 9.17) is 10.8 Å². The maximum Gasteiger partial charge on any atom is 0.272 e. The van der Waals surface area contributed by atoms with Crippen molar-refractivity contribution in [1.29, 1.82) is 0 Å². The van der Waals surface area contributed by atoms with Crippen LogP contribution >= 0.6 is 0 Å². The molecule has 0 radical (unpaired) electrons. The van der Waals surface area contributed by atoms with Gasteiger partial charge in [0.15, 0.2) is 5.69 Å². The van der Waals surface area contributed by atoms with E-state index in [9.17, 15) is 4.79 Å². The second-order valence-electron chi connectivity index (χ2n) is 3.74. The number of carbonyl (C=O) groups is 1. The molecule has 0 saturated heterocycles. The Labute approximate surface area is 87.3 Å². The predicted octanol–water partition coefficient (Wildman–Crippen LogP) is -0.0831. The number of pyridine rings is 1. The molecule has 5 nitrogen and oxygen atoms in total. The number of aromatic nitrogens is 1. The second kappa shape index (κ2) is 3.86. The van der Waals surface area contributed by atoms with Gasteiger partial charge in [0.2, 0.25) is 0 Å². The van der Waals surface area contributed by atoms with Gasteiger partial charge in [-0.05, 0) is 25.0 Å². The summed E-state index contributed by atoms with van der Waals surface area (Å²) in [7, 11) is 0. The van der Waals surface area contributed by atoms with Crippen molar-refractivity contribution in [3.05, 3.63) is 24.0 Å². The van der Waals surface area contributed by atoms with Crippen LogP contribution in [-0.4, -0.2) is 28.1 Å². The number of hydrogen-bond donors (Lipinski definition) is 3. The standard InChI is InChI=1S/C10H13N3O2/c11-8-2-1-3-12-9(8)10(15)13-6-4-7(14)5-6/h1-3,6-7,14H,4-5,11H2,(H,13,15). The molecule has 4 N–H and O–H groups in total. The highest BCUT2D eigenvalue weighted by molar-refractivity contribution is 5.97. The minimum atomic E-state index is -0.281. The quantitative estimate of drug-likeness (QED) is 0.632. The normalized spacial score (nSPS) is 24.3. The number of aliphatic hydroxyl groups excluding tert-OH is 1. The lowest BCUT2D eigenvalue weighted by molar-refractivity contribution is 0.0561. The molecule has 0 spiro atoms. The Balaban J connectivity index is 1.99. The third-order valence-electron chi connectivity index (χ3n) is 2.50. The van der Waals surface area contributed by atoms with Crippen LogP contribution in [0.1, 0.15) is 23.3 Å². The Morgan fingerprint density at radius 2 is 2.33 bits per heavy atom. The van der Waals surface area contributed by atoms with Crippen LogP contribution in [0.25, 0.3) is 0 Å². The summed E-state index contributed by atoms with van der Waals surface area (Å²) in [4.78, 5) is 15.5. The zero-order valence-electron chi connectivity index (χ0n) is 8.18. The van der Waals surface area contributed by atoms with Gasteiger partial charge in [0.25, 0.3) is 5.91 Å². The zero-order chi connectivity index (χ0) is 10.8. The van der Waals surface area contributed by atoms with Gasteiger partial charge in [0, 0.05) is 12.2 Å². The summed E-state index contributed by atoms with van der Waals surface area (Å²) in [6, 6.07) is 3.37. The fourth-order valence-corrected chi connectivity index (χ4v) is 1.57. The molecular weight excluding hydrogens is 194 g/mol. The summed E-state index contributed by atoms with van der Waals surface area (Å²) < 4.78 is 0. The van der Waals surface area contributed by atoms with Gasteiger partial charge in [-0.15, -0.1) is 0 Å². The van der Waals surface area contributed by atoms with Crippen molar-refractivity contribution in [3.8, 4) is 0 Å². The van der Waals surface area contributed by atoms with Crippen LogP contribution in [0.3, 0.4) is 0 Å². The van der Waals surface area contributed by atoms with Crippen LogP contribution in [0.2, 0.25) is 0 Å². The van der Waals surface area contributed by atoms with Crippen LogP contribution < -0.4 is 11.1 Å². The number of nitrogens with zero attached hydrogens (tertiary/aromatic N) is 1. The maximum absolute atomic E-state index is 11.6. The number of amides is 1. The SMILES string of the molecule is Nc1cccnc1C(=O)NC1CC(O)C1. The van der Waals surface area contributed by atoms with E-state index in [-0.39, 0.29) is 23.7 Å². The van der Waals surface area contributed by atoms with Crippen molar-refractivity contribution in [1.82, 2.24) is 10.3 Å². The molecule has 0 aliphatic heterocycles. The largest absolute Gasteiger partial charge is 0.397 e. The second-order valence-corrected chi connectivity index (χ2v) is 3.74. The number of rotatable bonds is 2. The molecular formula is C10H13N3O2. The van der Waals surface area contributed by atoms with Crippen molar-refractivity contribution >= 4 is 11.6 Å². The molecule has 1 aromatic rings. The zero-order valence-corrected chi connectivity index (χ0v) is 8.18. The molecule has 1 aliphatic rings. The first-order valence-electron chi connectivity index (χ1n) is 4.86. The molecule has 15 heavy (non-hydrogen) atoms. The molecule has 1 aromatic heterocycles. The average molecular weight is 207 g/mol. The van der Waals surface area contributed by atoms with E-state index in [2.05, 4.69) is 10.3 Å². The molecule has 0 bridgehead atoms. The van der Waals surface area contributed by atoms with Gasteiger partial charge < -0.3 is 16.2 Å². The Bertz CT molecular complexity index is 375. The lowest BCUT2D eigenvalue weighted by Crippen LogP contribution is -2.47. The summed E-state index contributed by atoms with van der Waals surface area (Å²) in [6.07, 6.45) is 2.47. The van der Waals surface area contributed by atoms with Gasteiger partial charge in [-0.25, -0.2) is 4.98 Å². The van der Waals surface area contributed by atoms with E-state index in [1.54, 1.807) is 12.1 Å². The molecule has 5 heteroatoms. The number of nitrogens with one attached hydrogen (secondary N) is 1. The summed E-state index contributed by atoms with van der Waals surface area (Å²) in [6.45, 7) is 0. The number of carbonyl (C=O) groups excluding carboxylic acids is 1. The lowest BCUT2D eigenvalue weighted by Gasteiger charge is -2.31. The van der Waals surface area contributed by atoms with Crippen LogP contribution in [-0.2, 0) is 0 Å². The fourth-order valence-electron chi connectivity index (χ4n) is 1.57. The van der Waals surface area contributed by atoms with E-state index in [0.717, 1.165) is 0 Å². The molecule has 0 atom stereocenters. The Kier molecular flexibility index (Phi) is 2.55. The van der Waals surface area contributed by atoms with E-state index >= 15 is 0 Å². The van der Waals surface area contributed by atoms with Crippen LogP contribution in [0, 0.1) is 0 Å². The monoisotopic (exact) mass is 207 g/mol. The third-order valence-corrected chi connectivity index (χ3v) is 2.50. The molecule has 1 heterocycles. The van der Waals surface area contributed by atoms with Crippen LogP contribution in [0.5, 0.6) is 0 Å². The Morgan fingerprint density at radius 1 is 1.60 bits per heavy atom. The molecule has 2 rings (SSSR count). The number of hydrogen-bond acceptors (Lipinski definition) is 4. The maximum atomic E-state index is 11.6. The number of anilines is 1. The van der Waals surface area contributed by atoms with E-state index in [1.807, 2.05) is 0 Å². The minimum absolute atomic E-state index is 0.0499. The smallest absolute Gasteiger partial charge is 0.272 e. The summed E-state index contributed by atoms with van der Waals surface area (Å²) in [5, 5.41) is 11.8. The topological polar surface area (TPSA) is 88.2 Å².